The summed E-state index contributed by atoms with van der Waals surface area (Å²) < 4.78 is 1.27. The van der Waals surface area contributed by atoms with Crippen molar-refractivity contribution in [3.05, 3.63) is 42.2 Å². The number of carbonyl (C=O) groups excluding carboxylic acids is 1. The predicted molar refractivity (Wildman–Crippen MR) is 76.9 cm³/mol. The van der Waals surface area contributed by atoms with Crippen LogP contribution in [0.25, 0.3) is 0 Å². The van der Waals surface area contributed by atoms with E-state index in [1.165, 1.54) is 11.0 Å². The lowest BCUT2D eigenvalue weighted by molar-refractivity contribution is -0.144. The fourth-order valence-corrected chi connectivity index (χ4v) is 2.24. The third-order valence-electron chi connectivity index (χ3n) is 3.62. The van der Waals surface area contributed by atoms with Crippen LogP contribution in [0.5, 0.6) is 0 Å². The minimum absolute atomic E-state index is 0.00378. The average Bonchev–Trinajstić information content (AvgIpc) is 3.02. The van der Waals surface area contributed by atoms with Gasteiger partial charge in [0.1, 0.15) is 18.3 Å². The zero-order valence-electron chi connectivity index (χ0n) is 12.1. The number of rotatable bonds is 7. The van der Waals surface area contributed by atoms with Crippen molar-refractivity contribution >= 4 is 11.9 Å². The van der Waals surface area contributed by atoms with E-state index >= 15 is 0 Å². The highest BCUT2D eigenvalue weighted by molar-refractivity contribution is 5.83. The summed E-state index contributed by atoms with van der Waals surface area (Å²) in [5.41, 5.74) is -0.495. The molecular weight excluding hydrogens is 286 g/mol. The van der Waals surface area contributed by atoms with Crippen LogP contribution in [0.3, 0.4) is 0 Å². The first kappa shape index (κ1) is 15.6. The third kappa shape index (κ3) is 3.27. The number of amides is 1. The Balaban J connectivity index is 2.11. The lowest BCUT2D eigenvalue weighted by atomic mass is 9.78. The summed E-state index contributed by atoms with van der Waals surface area (Å²) >= 11 is 0. The number of carbonyl (C=O) groups is 2. The molecule has 1 aromatic heterocycles. The largest absolute Gasteiger partial charge is 0.481 e. The Bertz CT molecular complexity index is 629. The number of aliphatic carboxylic acids is 1. The molecular formula is C14H17N5O3. The van der Waals surface area contributed by atoms with Crippen LogP contribution in [0.2, 0.25) is 0 Å². The van der Waals surface area contributed by atoms with Crippen LogP contribution in [0.4, 0.5) is 0 Å². The van der Waals surface area contributed by atoms with Crippen molar-refractivity contribution < 1.29 is 14.7 Å². The number of tetrazole rings is 1. The first-order valence-corrected chi connectivity index (χ1v) is 6.85. The normalized spacial score (nSPS) is 13.3. The average molecular weight is 303 g/mol. The molecule has 0 saturated heterocycles. The van der Waals surface area contributed by atoms with E-state index in [1.807, 2.05) is 6.07 Å². The van der Waals surface area contributed by atoms with Gasteiger partial charge in [-0.15, -0.1) is 5.10 Å². The topological polar surface area (TPSA) is 110 Å². The van der Waals surface area contributed by atoms with Gasteiger partial charge < -0.3 is 10.4 Å². The van der Waals surface area contributed by atoms with Gasteiger partial charge in [-0.2, -0.15) is 0 Å². The summed E-state index contributed by atoms with van der Waals surface area (Å²) in [4.78, 5) is 23.7. The second kappa shape index (κ2) is 6.79. The van der Waals surface area contributed by atoms with Crippen LogP contribution in [-0.2, 0) is 21.5 Å². The van der Waals surface area contributed by atoms with Crippen LogP contribution in [-0.4, -0.2) is 43.7 Å². The molecule has 8 nitrogen and oxygen atoms in total. The zero-order chi connectivity index (χ0) is 16.0. The molecule has 22 heavy (non-hydrogen) atoms. The second-order valence-electron chi connectivity index (χ2n) is 4.89. The van der Waals surface area contributed by atoms with E-state index in [-0.39, 0.29) is 19.0 Å². The van der Waals surface area contributed by atoms with Crippen LogP contribution < -0.4 is 5.32 Å². The smallest absolute Gasteiger partial charge is 0.315 e. The second-order valence-corrected chi connectivity index (χ2v) is 4.89. The maximum atomic E-state index is 11.9. The molecule has 0 bridgehead atoms. The molecule has 0 aliphatic carbocycles. The van der Waals surface area contributed by atoms with Gasteiger partial charge in [0.2, 0.25) is 5.91 Å². The van der Waals surface area contributed by atoms with Crippen LogP contribution in [0, 0.1) is 0 Å². The van der Waals surface area contributed by atoms with Crippen LogP contribution in [0.1, 0.15) is 18.9 Å². The predicted octanol–water partition coefficient (Wildman–Crippen LogP) is 0.222. The van der Waals surface area contributed by atoms with Crippen molar-refractivity contribution in [1.29, 1.82) is 0 Å². The van der Waals surface area contributed by atoms with Gasteiger partial charge in [0.15, 0.2) is 0 Å². The third-order valence-corrected chi connectivity index (χ3v) is 3.62. The van der Waals surface area contributed by atoms with E-state index in [1.54, 1.807) is 31.2 Å². The molecule has 1 unspecified atom stereocenters. The molecule has 1 aromatic carbocycles. The summed E-state index contributed by atoms with van der Waals surface area (Å²) in [5.74, 6) is -1.31. The Kier molecular flexibility index (Phi) is 4.82. The number of carboxylic acid groups (broad SMARTS) is 1. The molecule has 1 amide bonds. The number of hydrogen-bond donors (Lipinski definition) is 2. The highest BCUT2D eigenvalue weighted by atomic mass is 16.4. The first-order chi connectivity index (χ1) is 10.6. The van der Waals surface area contributed by atoms with Crippen molar-refractivity contribution in [3.63, 3.8) is 0 Å². The van der Waals surface area contributed by atoms with Crippen LogP contribution >= 0.6 is 0 Å². The van der Waals surface area contributed by atoms with Gasteiger partial charge in [0.25, 0.3) is 0 Å². The number of benzene rings is 1. The van der Waals surface area contributed by atoms with Crippen molar-refractivity contribution in [2.45, 2.75) is 25.3 Å². The minimum atomic E-state index is -1.16. The number of carboxylic acids is 1. The summed E-state index contributed by atoms with van der Waals surface area (Å²) in [7, 11) is 0. The highest BCUT2D eigenvalue weighted by Gasteiger charge is 2.38. The van der Waals surface area contributed by atoms with Gasteiger partial charge in [-0.25, -0.2) is 4.68 Å². The van der Waals surface area contributed by atoms with Crippen molar-refractivity contribution in [2.75, 3.05) is 6.54 Å². The fraction of sp³-hybridized carbons (Fsp3) is 0.357. The van der Waals surface area contributed by atoms with Gasteiger partial charge in [0, 0.05) is 6.54 Å². The SMILES string of the molecule is CCC(CNC(=O)Cn1cnnn1)(C(=O)O)c1ccccc1. The summed E-state index contributed by atoms with van der Waals surface area (Å²) in [5, 5.41) is 22.8. The van der Waals surface area contributed by atoms with E-state index in [2.05, 4.69) is 20.8 Å². The standard InChI is InChI=1S/C14H17N5O3/c1-2-14(13(21)22,11-6-4-3-5-7-11)9-15-12(20)8-19-10-16-17-18-19/h3-7,10H,2,8-9H2,1H3,(H,15,20)(H,21,22). The molecule has 2 aromatic rings. The molecule has 0 saturated carbocycles. The molecule has 0 aliphatic rings. The molecule has 0 radical (unpaired) electrons. The minimum Gasteiger partial charge on any atom is -0.481 e. The molecule has 0 fully saturated rings. The van der Waals surface area contributed by atoms with E-state index in [9.17, 15) is 14.7 Å². The van der Waals surface area contributed by atoms with Gasteiger partial charge in [-0.05, 0) is 22.4 Å². The van der Waals surface area contributed by atoms with Crippen LogP contribution in [0.15, 0.2) is 36.7 Å². The van der Waals surface area contributed by atoms with E-state index in [0.717, 1.165) is 0 Å². The van der Waals surface area contributed by atoms with E-state index < -0.39 is 11.4 Å². The Morgan fingerprint density at radius 3 is 2.59 bits per heavy atom. The van der Waals surface area contributed by atoms with Gasteiger partial charge in [0.05, 0.1) is 0 Å². The molecule has 0 spiro atoms. The Labute approximate surface area is 127 Å². The molecule has 8 heteroatoms. The number of hydrogen-bond acceptors (Lipinski definition) is 5. The molecule has 2 N–H and O–H groups in total. The van der Waals surface area contributed by atoms with E-state index in [0.29, 0.717) is 12.0 Å². The molecule has 1 heterocycles. The lowest BCUT2D eigenvalue weighted by Crippen LogP contribution is -2.47. The van der Waals surface area contributed by atoms with Crippen molar-refractivity contribution in [1.82, 2.24) is 25.5 Å². The summed E-state index contributed by atoms with van der Waals surface area (Å²) in [6, 6.07) is 8.90. The maximum absolute atomic E-state index is 11.9. The highest BCUT2D eigenvalue weighted by Crippen LogP contribution is 2.27. The lowest BCUT2D eigenvalue weighted by Gasteiger charge is -2.29. The molecule has 1 atom stereocenters. The van der Waals surface area contributed by atoms with Gasteiger partial charge in [-0.3, -0.25) is 9.59 Å². The number of nitrogens with one attached hydrogen (secondary N) is 1. The first-order valence-electron chi connectivity index (χ1n) is 6.85. The van der Waals surface area contributed by atoms with Gasteiger partial charge in [-0.1, -0.05) is 37.3 Å². The van der Waals surface area contributed by atoms with Gasteiger partial charge >= 0.3 is 5.97 Å². The summed E-state index contributed by atoms with van der Waals surface area (Å²) in [6.45, 7) is 1.74. The number of nitrogens with zero attached hydrogens (tertiary/aromatic N) is 4. The Morgan fingerprint density at radius 2 is 2.05 bits per heavy atom. The maximum Gasteiger partial charge on any atom is 0.315 e. The quantitative estimate of drug-likeness (QED) is 0.757. The van der Waals surface area contributed by atoms with Crippen molar-refractivity contribution in [3.8, 4) is 0 Å². The van der Waals surface area contributed by atoms with Crippen molar-refractivity contribution in [2.24, 2.45) is 0 Å². The monoisotopic (exact) mass is 303 g/mol. The Hall–Kier alpha value is -2.77. The Morgan fingerprint density at radius 1 is 1.32 bits per heavy atom. The molecule has 2 rings (SSSR count). The molecule has 116 valence electrons. The zero-order valence-corrected chi connectivity index (χ0v) is 12.1. The number of aromatic nitrogens is 4. The fourth-order valence-electron chi connectivity index (χ4n) is 2.24. The summed E-state index contributed by atoms with van der Waals surface area (Å²) in [6.07, 6.45) is 1.68. The molecule has 0 aliphatic heterocycles. The van der Waals surface area contributed by atoms with E-state index in [4.69, 9.17) is 0 Å².